The van der Waals surface area contributed by atoms with E-state index in [1.54, 1.807) is 0 Å². The van der Waals surface area contributed by atoms with E-state index in [2.05, 4.69) is 52.6 Å². The molecule has 3 heterocycles. The highest BCUT2D eigenvalue weighted by molar-refractivity contribution is 5.92. The molecule has 1 aromatic carbocycles. The van der Waals surface area contributed by atoms with Gasteiger partial charge < -0.3 is 10.2 Å². The molecule has 2 fully saturated rings. The third-order valence-corrected chi connectivity index (χ3v) is 5.28. The van der Waals surface area contributed by atoms with Crippen LogP contribution in [0.3, 0.4) is 0 Å². The number of fused-ring (bicyclic) bond motifs is 3. The summed E-state index contributed by atoms with van der Waals surface area (Å²) in [4.78, 5) is 7.23. The maximum absolute atomic E-state index is 4.52. The van der Waals surface area contributed by atoms with Crippen molar-refractivity contribution in [2.45, 2.75) is 50.2 Å². The van der Waals surface area contributed by atoms with Crippen LogP contribution in [0.2, 0.25) is 0 Å². The van der Waals surface area contributed by atoms with Gasteiger partial charge in [0, 0.05) is 35.4 Å². The first-order valence-electron chi connectivity index (χ1n) is 8.16. The standard InChI is InChI=1S/C18H23N3/c1-19-13-11-14-5-2-6-15(12-13)21(14)18-9-3-8-17-16(18)7-4-10-20-17/h3-4,7-10,13-15,19H,2,5-6,11-12H2,1H3. The van der Waals surface area contributed by atoms with Crippen molar-refractivity contribution >= 4 is 16.6 Å². The van der Waals surface area contributed by atoms with Gasteiger partial charge >= 0.3 is 0 Å². The Morgan fingerprint density at radius 2 is 1.90 bits per heavy atom. The Labute approximate surface area is 126 Å². The number of pyridine rings is 1. The van der Waals surface area contributed by atoms with Gasteiger partial charge in [0.25, 0.3) is 0 Å². The number of hydrogen-bond acceptors (Lipinski definition) is 3. The molecule has 2 bridgehead atoms. The zero-order chi connectivity index (χ0) is 14.2. The number of anilines is 1. The fourth-order valence-electron chi connectivity index (χ4n) is 4.32. The lowest BCUT2D eigenvalue weighted by atomic mass is 9.81. The third kappa shape index (κ3) is 2.20. The monoisotopic (exact) mass is 281 g/mol. The van der Waals surface area contributed by atoms with Crippen molar-refractivity contribution in [3.8, 4) is 0 Å². The number of piperidine rings is 2. The molecule has 3 heteroatoms. The van der Waals surface area contributed by atoms with E-state index in [0.717, 1.165) is 5.52 Å². The number of aromatic nitrogens is 1. The number of rotatable bonds is 2. The average Bonchev–Trinajstić information content (AvgIpc) is 2.53. The SMILES string of the molecule is CNC1CC2CCCC(C1)N2c1cccc2ncccc12. The van der Waals surface area contributed by atoms with Crippen LogP contribution in [0.4, 0.5) is 5.69 Å². The molecule has 0 radical (unpaired) electrons. The molecule has 2 atom stereocenters. The molecule has 2 saturated heterocycles. The predicted octanol–water partition coefficient (Wildman–Crippen LogP) is 3.34. The van der Waals surface area contributed by atoms with Gasteiger partial charge in [-0.3, -0.25) is 4.98 Å². The van der Waals surface area contributed by atoms with Crippen LogP contribution < -0.4 is 10.2 Å². The maximum atomic E-state index is 4.52. The lowest BCUT2D eigenvalue weighted by Gasteiger charge is -2.50. The van der Waals surface area contributed by atoms with Crippen LogP contribution in [0.25, 0.3) is 10.9 Å². The second-order valence-electron chi connectivity index (χ2n) is 6.45. The summed E-state index contributed by atoms with van der Waals surface area (Å²) < 4.78 is 0. The second-order valence-corrected chi connectivity index (χ2v) is 6.45. The van der Waals surface area contributed by atoms with E-state index >= 15 is 0 Å². The second kappa shape index (κ2) is 5.30. The minimum Gasteiger partial charge on any atom is -0.365 e. The van der Waals surface area contributed by atoms with Crippen LogP contribution in [0, 0.1) is 0 Å². The van der Waals surface area contributed by atoms with E-state index in [9.17, 15) is 0 Å². The molecule has 3 nitrogen and oxygen atoms in total. The van der Waals surface area contributed by atoms with Crippen LogP contribution in [-0.4, -0.2) is 30.2 Å². The van der Waals surface area contributed by atoms with E-state index in [-0.39, 0.29) is 0 Å². The molecule has 0 amide bonds. The van der Waals surface area contributed by atoms with Gasteiger partial charge in [0.2, 0.25) is 0 Å². The van der Waals surface area contributed by atoms with Crippen molar-refractivity contribution < 1.29 is 0 Å². The molecule has 110 valence electrons. The van der Waals surface area contributed by atoms with Crippen LogP contribution >= 0.6 is 0 Å². The summed E-state index contributed by atoms with van der Waals surface area (Å²) in [6.45, 7) is 0. The molecule has 2 unspecified atom stereocenters. The summed E-state index contributed by atoms with van der Waals surface area (Å²) in [6.07, 6.45) is 8.45. The van der Waals surface area contributed by atoms with Gasteiger partial charge in [-0.25, -0.2) is 0 Å². The van der Waals surface area contributed by atoms with Gasteiger partial charge in [0.15, 0.2) is 0 Å². The van der Waals surface area contributed by atoms with Gasteiger partial charge in [-0.15, -0.1) is 0 Å². The Hall–Kier alpha value is -1.61. The van der Waals surface area contributed by atoms with Crippen molar-refractivity contribution in [3.63, 3.8) is 0 Å². The molecule has 21 heavy (non-hydrogen) atoms. The van der Waals surface area contributed by atoms with Gasteiger partial charge in [-0.2, -0.15) is 0 Å². The number of nitrogens with one attached hydrogen (secondary N) is 1. The first-order chi connectivity index (χ1) is 10.4. The molecule has 0 saturated carbocycles. The fourth-order valence-corrected chi connectivity index (χ4v) is 4.32. The molecule has 1 aromatic heterocycles. The van der Waals surface area contributed by atoms with E-state index < -0.39 is 0 Å². The Bertz CT molecular complexity index is 620. The summed E-state index contributed by atoms with van der Waals surface area (Å²) in [5, 5.41) is 4.81. The van der Waals surface area contributed by atoms with Gasteiger partial charge in [-0.05, 0) is 63.4 Å². The summed E-state index contributed by atoms with van der Waals surface area (Å²) in [6, 6.07) is 12.9. The molecule has 0 spiro atoms. The highest BCUT2D eigenvalue weighted by Gasteiger charge is 2.38. The fraction of sp³-hybridized carbons (Fsp3) is 0.500. The van der Waals surface area contributed by atoms with E-state index in [1.165, 1.54) is 43.2 Å². The van der Waals surface area contributed by atoms with Crippen LogP contribution in [0.5, 0.6) is 0 Å². The summed E-state index contributed by atoms with van der Waals surface area (Å²) in [5.41, 5.74) is 2.51. The highest BCUT2D eigenvalue weighted by atomic mass is 15.2. The van der Waals surface area contributed by atoms with Gasteiger partial charge in [0.05, 0.1) is 5.52 Å². The Kier molecular flexibility index (Phi) is 3.30. The first-order valence-corrected chi connectivity index (χ1v) is 8.16. The smallest absolute Gasteiger partial charge is 0.0722 e. The van der Waals surface area contributed by atoms with Crippen molar-refractivity contribution in [1.29, 1.82) is 0 Å². The minimum atomic E-state index is 0.681. The van der Waals surface area contributed by atoms with Crippen molar-refractivity contribution in [1.82, 2.24) is 10.3 Å². The molecule has 0 aliphatic carbocycles. The van der Waals surface area contributed by atoms with Gasteiger partial charge in [0.1, 0.15) is 0 Å². The molecule has 2 aromatic rings. The van der Waals surface area contributed by atoms with E-state index in [4.69, 9.17) is 0 Å². The van der Waals surface area contributed by atoms with E-state index in [0.29, 0.717) is 18.1 Å². The minimum absolute atomic E-state index is 0.681. The number of nitrogens with zero attached hydrogens (tertiary/aromatic N) is 2. The number of benzene rings is 1. The Morgan fingerprint density at radius 3 is 2.67 bits per heavy atom. The first kappa shape index (κ1) is 13.1. The molecule has 1 N–H and O–H groups in total. The summed E-state index contributed by atoms with van der Waals surface area (Å²) in [7, 11) is 2.11. The molecular weight excluding hydrogens is 258 g/mol. The lowest BCUT2D eigenvalue weighted by molar-refractivity contribution is 0.253. The van der Waals surface area contributed by atoms with Crippen LogP contribution in [0.1, 0.15) is 32.1 Å². The Balaban J connectivity index is 1.78. The van der Waals surface area contributed by atoms with Crippen molar-refractivity contribution in [2.24, 2.45) is 0 Å². The Morgan fingerprint density at radius 1 is 1.10 bits per heavy atom. The highest BCUT2D eigenvalue weighted by Crippen LogP contribution is 2.40. The quantitative estimate of drug-likeness (QED) is 0.915. The summed E-state index contributed by atoms with van der Waals surface area (Å²) >= 11 is 0. The summed E-state index contributed by atoms with van der Waals surface area (Å²) in [5.74, 6) is 0. The predicted molar refractivity (Wildman–Crippen MR) is 87.7 cm³/mol. The average molecular weight is 281 g/mol. The van der Waals surface area contributed by atoms with Crippen molar-refractivity contribution in [3.05, 3.63) is 36.5 Å². The topological polar surface area (TPSA) is 28.2 Å². The third-order valence-electron chi connectivity index (χ3n) is 5.28. The van der Waals surface area contributed by atoms with Crippen molar-refractivity contribution in [2.75, 3.05) is 11.9 Å². The van der Waals surface area contributed by atoms with Gasteiger partial charge in [-0.1, -0.05) is 6.07 Å². The largest absolute Gasteiger partial charge is 0.365 e. The number of hydrogen-bond donors (Lipinski definition) is 1. The lowest BCUT2D eigenvalue weighted by Crippen LogP contribution is -2.56. The zero-order valence-corrected chi connectivity index (χ0v) is 12.6. The maximum Gasteiger partial charge on any atom is 0.0722 e. The zero-order valence-electron chi connectivity index (χ0n) is 12.6. The van der Waals surface area contributed by atoms with Crippen LogP contribution in [0.15, 0.2) is 36.5 Å². The normalized spacial score (nSPS) is 28.8. The molecule has 4 rings (SSSR count). The molecule has 2 aliphatic rings. The van der Waals surface area contributed by atoms with Crippen LogP contribution in [-0.2, 0) is 0 Å². The molecule has 2 aliphatic heterocycles. The van der Waals surface area contributed by atoms with E-state index in [1.807, 2.05) is 6.20 Å². The molecular formula is C18H23N3.